The van der Waals surface area contributed by atoms with Gasteiger partial charge in [0, 0.05) is 6.54 Å². The lowest BCUT2D eigenvalue weighted by Crippen LogP contribution is -2.25. The van der Waals surface area contributed by atoms with Crippen LogP contribution in [0.15, 0.2) is 30.3 Å². The molecule has 0 unspecified atom stereocenters. The topological polar surface area (TPSA) is 59.5 Å². The predicted octanol–water partition coefficient (Wildman–Crippen LogP) is 1.05. The lowest BCUT2D eigenvalue weighted by molar-refractivity contribution is 0.590. The van der Waals surface area contributed by atoms with E-state index in [0.717, 1.165) is 5.56 Å². The van der Waals surface area contributed by atoms with Gasteiger partial charge in [0.05, 0.1) is 6.54 Å². The molecule has 1 aromatic carbocycles. The normalized spacial score (nSPS) is 9.81. The maximum absolute atomic E-state index is 7.78. The van der Waals surface area contributed by atoms with Gasteiger partial charge in [-0.15, -0.1) is 12.4 Å². The highest BCUT2D eigenvalue weighted by molar-refractivity contribution is 5.85. The van der Waals surface area contributed by atoms with Gasteiger partial charge in [-0.2, -0.15) is 0 Å². The van der Waals surface area contributed by atoms with Crippen molar-refractivity contribution in [1.29, 1.82) is 5.41 Å². The van der Waals surface area contributed by atoms with Gasteiger partial charge >= 0.3 is 0 Å². The Labute approximate surface area is 99.6 Å². The van der Waals surface area contributed by atoms with Gasteiger partial charge < -0.3 is 0 Å². The molecule has 0 amide bonds. The molecule has 0 atom stereocenters. The molecule has 0 aliphatic carbocycles. The summed E-state index contributed by atoms with van der Waals surface area (Å²) in [6.45, 7) is 3.22. The quantitative estimate of drug-likeness (QED) is 0.871. The predicted molar refractivity (Wildman–Crippen MR) is 62.3 cm³/mol. The average Bonchev–Trinajstić information content (AvgIpc) is 2.62. The van der Waals surface area contributed by atoms with Gasteiger partial charge in [-0.3, -0.25) is 5.41 Å². The fourth-order valence-electron chi connectivity index (χ4n) is 1.39. The van der Waals surface area contributed by atoms with Crippen LogP contribution in [0.5, 0.6) is 0 Å². The third-order valence-electron chi connectivity index (χ3n) is 2.22. The zero-order chi connectivity index (χ0) is 10.7. The lowest BCUT2D eigenvalue weighted by Gasteiger charge is -1.99. The number of nitrogens with zero attached hydrogens (tertiary/aromatic N) is 4. The summed E-state index contributed by atoms with van der Waals surface area (Å²) in [5.41, 5.74) is 1.46. The van der Waals surface area contributed by atoms with Crippen molar-refractivity contribution in [3.8, 4) is 0 Å². The van der Waals surface area contributed by atoms with Crippen LogP contribution in [0.4, 0.5) is 0 Å². The largest absolute Gasteiger partial charge is 0.266 e. The van der Waals surface area contributed by atoms with Crippen molar-refractivity contribution in [2.75, 3.05) is 0 Å². The molecule has 0 bridgehead atoms. The highest BCUT2D eigenvalue weighted by Crippen LogP contribution is 1.98. The van der Waals surface area contributed by atoms with E-state index < -0.39 is 0 Å². The Balaban J connectivity index is 0.00000128. The van der Waals surface area contributed by atoms with E-state index in [0.29, 0.717) is 18.7 Å². The maximum Gasteiger partial charge on any atom is 0.238 e. The molecular formula is C10H14ClN5. The van der Waals surface area contributed by atoms with Crippen LogP contribution in [-0.4, -0.2) is 19.8 Å². The fraction of sp³-hybridized carbons (Fsp3) is 0.300. The van der Waals surface area contributed by atoms with E-state index in [1.165, 1.54) is 0 Å². The number of aromatic nitrogens is 4. The summed E-state index contributed by atoms with van der Waals surface area (Å²) in [5, 5.41) is 15.6. The highest BCUT2D eigenvalue weighted by Gasteiger charge is 2.01. The molecule has 2 rings (SSSR count). The summed E-state index contributed by atoms with van der Waals surface area (Å²) in [7, 11) is 0. The number of tetrazole rings is 1. The first-order chi connectivity index (χ1) is 7.31. The van der Waals surface area contributed by atoms with Crippen LogP contribution in [0.3, 0.4) is 0 Å². The molecule has 5 nitrogen and oxygen atoms in total. The van der Waals surface area contributed by atoms with E-state index in [1.807, 2.05) is 37.3 Å². The van der Waals surface area contributed by atoms with Gasteiger partial charge in [-0.25, -0.2) is 9.36 Å². The Hall–Kier alpha value is -1.62. The molecule has 1 heterocycles. The highest BCUT2D eigenvalue weighted by atomic mass is 35.5. The SMILES string of the molecule is CCn1nnn(Cc2ccccc2)c1=N.Cl. The molecule has 1 aromatic heterocycles. The second kappa shape index (κ2) is 5.46. The van der Waals surface area contributed by atoms with E-state index in [1.54, 1.807) is 9.36 Å². The van der Waals surface area contributed by atoms with Crippen LogP contribution in [0.1, 0.15) is 12.5 Å². The second-order valence-corrected chi connectivity index (χ2v) is 3.26. The van der Waals surface area contributed by atoms with Crippen LogP contribution in [0.25, 0.3) is 0 Å². The molecule has 1 N–H and O–H groups in total. The first-order valence-corrected chi connectivity index (χ1v) is 4.90. The van der Waals surface area contributed by atoms with Crippen molar-refractivity contribution >= 4 is 12.4 Å². The molecule has 6 heteroatoms. The summed E-state index contributed by atoms with van der Waals surface area (Å²) in [4.78, 5) is 0. The van der Waals surface area contributed by atoms with Crippen LogP contribution >= 0.6 is 12.4 Å². The number of nitrogens with one attached hydrogen (secondary N) is 1. The Morgan fingerprint density at radius 2 is 1.75 bits per heavy atom. The fourth-order valence-corrected chi connectivity index (χ4v) is 1.39. The van der Waals surface area contributed by atoms with Gasteiger partial charge in [0.1, 0.15) is 0 Å². The van der Waals surface area contributed by atoms with E-state index in [9.17, 15) is 0 Å². The number of hydrogen-bond acceptors (Lipinski definition) is 3. The first-order valence-electron chi connectivity index (χ1n) is 4.90. The van der Waals surface area contributed by atoms with Gasteiger partial charge in [-0.1, -0.05) is 30.3 Å². The molecule has 86 valence electrons. The molecule has 0 saturated carbocycles. The van der Waals surface area contributed by atoms with Gasteiger partial charge in [0.15, 0.2) is 0 Å². The number of rotatable bonds is 3. The second-order valence-electron chi connectivity index (χ2n) is 3.26. The molecule has 0 aliphatic rings. The monoisotopic (exact) mass is 239 g/mol. The van der Waals surface area contributed by atoms with Crippen LogP contribution in [0, 0.1) is 5.41 Å². The zero-order valence-electron chi connectivity index (χ0n) is 9.00. The number of benzene rings is 1. The first kappa shape index (κ1) is 12.4. The Morgan fingerprint density at radius 1 is 1.12 bits per heavy atom. The summed E-state index contributed by atoms with van der Waals surface area (Å²) >= 11 is 0. The average molecular weight is 240 g/mol. The third kappa shape index (κ3) is 2.49. The molecule has 2 aromatic rings. The van der Waals surface area contributed by atoms with Crippen molar-refractivity contribution in [3.63, 3.8) is 0 Å². The van der Waals surface area contributed by atoms with E-state index in [4.69, 9.17) is 5.41 Å². The van der Waals surface area contributed by atoms with E-state index in [-0.39, 0.29) is 12.4 Å². The van der Waals surface area contributed by atoms with Gasteiger partial charge in [0.2, 0.25) is 5.62 Å². The van der Waals surface area contributed by atoms with Crippen molar-refractivity contribution in [1.82, 2.24) is 19.8 Å². The minimum Gasteiger partial charge on any atom is -0.266 e. The molecule has 0 spiro atoms. The summed E-state index contributed by atoms with van der Waals surface area (Å²) < 4.78 is 3.14. The summed E-state index contributed by atoms with van der Waals surface area (Å²) in [6.07, 6.45) is 0. The third-order valence-corrected chi connectivity index (χ3v) is 2.22. The Morgan fingerprint density at radius 3 is 2.31 bits per heavy atom. The van der Waals surface area contributed by atoms with Crippen molar-refractivity contribution in [3.05, 3.63) is 41.5 Å². The standard InChI is InChI=1S/C10H13N5.ClH/c1-2-14-10(11)15(13-12-14)8-9-6-4-3-5-7-9;/h3-7,11H,2,8H2,1H3;1H. The van der Waals surface area contributed by atoms with Crippen LogP contribution in [0.2, 0.25) is 0 Å². The Kier molecular flexibility index (Phi) is 4.25. The molecule has 0 saturated heterocycles. The number of aryl methyl sites for hydroxylation is 1. The number of halogens is 1. The zero-order valence-corrected chi connectivity index (χ0v) is 9.81. The molecular weight excluding hydrogens is 226 g/mol. The minimum absolute atomic E-state index is 0. The van der Waals surface area contributed by atoms with Crippen LogP contribution in [-0.2, 0) is 13.1 Å². The molecule has 16 heavy (non-hydrogen) atoms. The minimum atomic E-state index is 0. The number of hydrogen-bond donors (Lipinski definition) is 1. The smallest absolute Gasteiger partial charge is 0.238 e. The Bertz CT molecular complexity index is 487. The van der Waals surface area contributed by atoms with Gasteiger partial charge in [-0.05, 0) is 22.9 Å². The molecule has 0 fully saturated rings. The maximum atomic E-state index is 7.78. The van der Waals surface area contributed by atoms with E-state index >= 15 is 0 Å². The summed E-state index contributed by atoms with van der Waals surface area (Å²) in [5.74, 6) is 0. The molecule has 0 radical (unpaired) electrons. The van der Waals surface area contributed by atoms with Crippen molar-refractivity contribution < 1.29 is 0 Å². The van der Waals surface area contributed by atoms with Crippen molar-refractivity contribution in [2.45, 2.75) is 20.0 Å². The van der Waals surface area contributed by atoms with Crippen molar-refractivity contribution in [2.24, 2.45) is 0 Å². The summed E-state index contributed by atoms with van der Waals surface area (Å²) in [6, 6.07) is 9.95. The van der Waals surface area contributed by atoms with Gasteiger partial charge in [0.25, 0.3) is 0 Å². The van der Waals surface area contributed by atoms with E-state index in [2.05, 4.69) is 10.4 Å². The molecule has 0 aliphatic heterocycles. The van der Waals surface area contributed by atoms with Crippen LogP contribution < -0.4 is 5.62 Å². The lowest BCUT2D eigenvalue weighted by atomic mass is 10.2.